The van der Waals surface area contributed by atoms with E-state index in [1.807, 2.05) is 6.92 Å². The minimum atomic E-state index is 0.576. The number of hydrogen-bond acceptors (Lipinski definition) is 5. The molecule has 0 spiro atoms. The third-order valence-corrected chi connectivity index (χ3v) is 5.13. The van der Waals surface area contributed by atoms with Gasteiger partial charge in [0.05, 0.1) is 0 Å². The Balaban J connectivity index is 1.87. The first-order chi connectivity index (χ1) is 12.0. The zero-order valence-electron chi connectivity index (χ0n) is 15.6. The van der Waals surface area contributed by atoms with E-state index < -0.39 is 0 Å². The number of piperidine rings is 1. The number of nitrogens with one attached hydrogen (secondary N) is 2. The smallest absolute Gasteiger partial charge is 0.232 e. The van der Waals surface area contributed by atoms with Crippen LogP contribution in [0.15, 0.2) is 6.07 Å². The topological polar surface area (TPSA) is 56.3 Å². The number of rotatable bonds is 4. The van der Waals surface area contributed by atoms with Gasteiger partial charge in [0.2, 0.25) is 5.95 Å². The molecule has 3 heterocycles. The first-order valence-electron chi connectivity index (χ1n) is 9.49. The second kappa shape index (κ2) is 8.17. The lowest BCUT2D eigenvalue weighted by Crippen LogP contribution is -2.39. The Bertz CT molecular complexity index is 591. The van der Waals surface area contributed by atoms with Gasteiger partial charge in [-0.1, -0.05) is 13.8 Å². The van der Waals surface area contributed by atoms with E-state index in [0.717, 1.165) is 44.4 Å². The molecule has 0 aromatic carbocycles. The number of aromatic nitrogens is 2. The van der Waals surface area contributed by atoms with E-state index in [1.165, 1.54) is 19.3 Å². The van der Waals surface area contributed by atoms with Crippen LogP contribution in [-0.2, 0) is 0 Å². The Morgan fingerprint density at radius 1 is 1.12 bits per heavy atom. The summed E-state index contributed by atoms with van der Waals surface area (Å²) in [6.45, 7) is 11.7. The molecule has 0 aliphatic carbocycles. The first-order valence-corrected chi connectivity index (χ1v) is 9.89. The Hall–Kier alpha value is -1.63. The highest BCUT2D eigenvalue weighted by Crippen LogP contribution is 2.29. The van der Waals surface area contributed by atoms with Crippen LogP contribution in [-0.4, -0.2) is 47.8 Å². The molecule has 7 heteroatoms. The van der Waals surface area contributed by atoms with E-state index in [0.29, 0.717) is 22.9 Å². The van der Waals surface area contributed by atoms with Crippen LogP contribution in [0.5, 0.6) is 0 Å². The predicted molar refractivity (Wildman–Crippen MR) is 109 cm³/mol. The van der Waals surface area contributed by atoms with Crippen molar-refractivity contribution in [1.82, 2.24) is 15.3 Å². The second-order valence-corrected chi connectivity index (χ2v) is 7.85. The summed E-state index contributed by atoms with van der Waals surface area (Å²) in [6.07, 6.45) is 3.75. The third kappa shape index (κ3) is 4.71. The van der Waals surface area contributed by atoms with Crippen molar-refractivity contribution in [3.8, 4) is 0 Å². The molecule has 2 atom stereocenters. The van der Waals surface area contributed by atoms with Gasteiger partial charge in [-0.25, -0.2) is 0 Å². The fourth-order valence-electron chi connectivity index (χ4n) is 3.90. The summed E-state index contributed by atoms with van der Waals surface area (Å²) in [7, 11) is 0. The van der Waals surface area contributed by atoms with Gasteiger partial charge in [-0.05, 0) is 50.2 Å². The van der Waals surface area contributed by atoms with Crippen LogP contribution >= 0.6 is 12.2 Å². The van der Waals surface area contributed by atoms with Crippen LogP contribution in [0.4, 0.5) is 17.6 Å². The third-order valence-electron chi connectivity index (χ3n) is 4.88. The van der Waals surface area contributed by atoms with Crippen molar-refractivity contribution in [2.45, 2.75) is 40.0 Å². The zero-order chi connectivity index (χ0) is 17.8. The fraction of sp³-hybridized carbons (Fsp3) is 0.722. The largest absolute Gasteiger partial charge is 0.363 e. The van der Waals surface area contributed by atoms with Crippen molar-refractivity contribution in [1.29, 1.82) is 0 Å². The molecular weight excluding hydrogens is 332 g/mol. The van der Waals surface area contributed by atoms with Crippen LogP contribution in [0.3, 0.4) is 0 Å². The molecule has 0 unspecified atom stereocenters. The number of thiocarbonyl (C=S) groups is 1. The van der Waals surface area contributed by atoms with Gasteiger partial charge in [0.15, 0.2) is 5.11 Å². The molecule has 138 valence electrons. The van der Waals surface area contributed by atoms with E-state index in [1.54, 1.807) is 0 Å². The van der Waals surface area contributed by atoms with Crippen molar-refractivity contribution in [2.75, 3.05) is 47.8 Å². The Kier molecular flexibility index (Phi) is 5.93. The highest BCUT2D eigenvalue weighted by molar-refractivity contribution is 7.80. The number of nitrogens with zero attached hydrogens (tertiary/aromatic N) is 4. The van der Waals surface area contributed by atoms with Crippen LogP contribution in [0.25, 0.3) is 0 Å². The molecule has 0 amide bonds. The van der Waals surface area contributed by atoms with Crippen LogP contribution in [0.2, 0.25) is 0 Å². The minimum Gasteiger partial charge on any atom is -0.363 e. The van der Waals surface area contributed by atoms with Crippen molar-refractivity contribution in [3.05, 3.63) is 6.07 Å². The van der Waals surface area contributed by atoms with E-state index in [2.05, 4.69) is 40.3 Å². The fourth-order valence-corrected chi connectivity index (χ4v) is 4.14. The Labute approximate surface area is 156 Å². The quantitative estimate of drug-likeness (QED) is 0.799. The molecule has 1 aromatic heterocycles. The van der Waals surface area contributed by atoms with Crippen molar-refractivity contribution < 1.29 is 0 Å². The molecule has 1 aromatic rings. The van der Waals surface area contributed by atoms with Crippen molar-refractivity contribution in [2.24, 2.45) is 11.8 Å². The second-order valence-electron chi connectivity index (χ2n) is 7.44. The summed E-state index contributed by atoms with van der Waals surface area (Å²) in [5.41, 5.74) is 0. The minimum absolute atomic E-state index is 0.576. The standard InChI is InChI=1S/C18H30N6S/c1-4-19-18(25)22-17-20-15(23-7-5-6-8-23)10-16(21-17)24-11-13(2)9-14(3)12-24/h10,13-14H,4-9,11-12H2,1-3H3,(H2,19,20,21,22,25)/t13-,14+. The zero-order valence-corrected chi connectivity index (χ0v) is 16.4. The molecule has 0 bridgehead atoms. The number of anilines is 3. The van der Waals surface area contributed by atoms with Gasteiger partial charge in [-0.2, -0.15) is 9.97 Å². The summed E-state index contributed by atoms with van der Waals surface area (Å²) in [5.74, 6) is 3.99. The summed E-state index contributed by atoms with van der Waals surface area (Å²) in [5, 5.41) is 6.84. The lowest BCUT2D eigenvalue weighted by molar-refractivity contribution is 0.355. The SMILES string of the molecule is CCNC(=S)Nc1nc(N2CCCC2)cc(N2C[C@H](C)C[C@H](C)C2)n1. The molecule has 25 heavy (non-hydrogen) atoms. The highest BCUT2D eigenvalue weighted by atomic mass is 32.1. The Morgan fingerprint density at radius 2 is 1.72 bits per heavy atom. The van der Waals surface area contributed by atoms with Gasteiger partial charge in [0, 0.05) is 38.8 Å². The summed E-state index contributed by atoms with van der Waals surface area (Å²) >= 11 is 5.32. The lowest BCUT2D eigenvalue weighted by Gasteiger charge is -2.36. The highest BCUT2D eigenvalue weighted by Gasteiger charge is 2.25. The molecule has 0 radical (unpaired) electrons. The van der Waals surface area contributed by atoms with Crippen LogP contribution < -0.4 is 20.4 Å². The average Bonchev–Trinajstić information content (AvgIpc) is 3.08. The Morgan fingerprint density at radius 3 is 2.32 bits per heavy atom. The van der Waals surface area contributed by atoms with Crippen molar-refractivity contribution in [3.63, 3.8) is 0 Å². The van der Waals surface area contributed by atoms with Gasteiger partial charge >= 0.3 is 0 Å². The van der Waals surface area contributed by atoms with Gasteiger partial charge in [0.25, 0.3) is 0 Å². The molecular formula is C18H30N6S. The normalized spacial score (nSPS) is 23.6. The molecule has 3 rings (SSSR count). The molecule has 6 nitrogen and oxygen atoms in total. The van der Waals surface area contributed by atoms with E-state index in [9.17, 15) is 0 Å². The van der Waals surface area contributed by atoms with Gasteiger partial charge in [-0.3, -0.25) is 0 Å². The lowest BCUT2D eigenvalue weighted by atomic mass is 9.92. The summed E-state index contributed by atoms with van der Waals surface area (Å²) in [6, 6.07) is 2.15. The molecule has 2 N–H and O–H groups in total. The van der Waals surface area contributed by atoms with E-state index >= 15 is 0 Å². The summed E-state index contributed by atoms with van der Waals surface area (Å²) in [4.78, 5) is 14.2. The molecule has 0 saturated carbocycles. The van der Waals surface area contributed by atoms with Crippen LogP contribution in [0.1, 0.15) is 40.0 Å². The maximum atomic E-state index is 5.32. The van der Waals surface area contributed by atoms with Gasteiger partial charge in [0.1, 0.15) is 11.6 Å². The maximum absolute atomic E-state index is 5.32. The van der Waals surface area contributed by atoms with Gasteiger partial charge in [-0.15, -0.1) is 0 Å². The molecule has 2 aliphatic heterocycles. The van der Waals surface area contributed by atoms with Gasteiger partial charge < -0.3 is 20.4 Å². The molecule has 2 fully saturated rings. The van der Waals surface area contributed by atoms with E-state index in [-0.39, 0.29) is 0 Å². The monoisotopic (exact) mass is 362 g/mol. The maximum Gasteiger partial charge on any atom is 0.232 e. The first kappa shape index (κ1) is 18.2. The molecule has 2 saturated heterocycles. The number of hydrogen-bond donors (Lipinski definition) is 2. The summed E-state index contributed by atoms with van der Waals surface area (Å²) < 4.78 is 0. The predicted octanol–water partition coefficient (Wildman–Crippen LogP) is 2.87. The van der Waals surface area contributed by atoms with E-state index in [4.69, 9.17) is 22.2 Å². The molecule has 2 aliphatic rings. The average molecular weight is 363 g/mol. The van der Waals surface area contributed by atoms with Crippen molar-refractivity contribution >= 4 is 34.9 Å². The van der Waals surface area contributed by atoms with Crippen LogP contribution in [0, 0.1) is 11.8 Å².